The van der Waals surface area contributed by atoms with E-state index in [0.717, 1.165) is 0 Å². The van der Waals surface area contributed by atoms with E-state index in [2.05, 4.69) is 21.8 Å². The minimum atomic E-state index is -0.488. The lowest BCUT2D eigenvalue weighted by molar-refractivity contribution is -0.384. The molecule has 2 heterocycles. The van der Waals surface area contributed by atoms with E-state index >= 15 is 0 Å². The molecule has 0 spiro atoms. The summed E-state index contributed by atoms with van der Waals surface area (Å²) in [6, 6.07) is 6.05. The Morgan fingerprint density at radius 1 is 1.28 bits per heavy atom. The fraction of sp³-hybridized carbons (Fsp3) is 0.0588. The number of pyridine rings is 1. The van der Waals surface area contributed by atoms with Crippen LogP contribution in [0.4, 0.5) is 11.4 Å². The smallest absolute Gasteiger partial charge is 0.271 e. The van der Waals surface area contributed by atoms with Crippen molar-refractivity contribution >= 4 is 23.0 Å². The predicted molar refractivity (Wildman–Crippen MR) is 94.9 cm³/mol. The molecule has 0 aliphatic heterocycles. The van der Waals surface area contributed by atoms with Gasteiger partial charge in [-0.1, -0.05) is 17.5 Å². The van der Waals surface area contributed by atoms with Gasteiger partial charge in [-0.3, -0.25) is 10.1 Å². The van der Waals surface area contributed by atoms with Crippen LogP contribution in [0.2, 0.25) is 5.02 Å². The normalized spacial score (nSPS) is 10.2. The van der Waals surface area contributed by atoms with Crippen LogP contribution >= 0.6 is 11.6 Å². The SMILES string of the molecule is Cn1cnc(-c2cc([N+](=O)[O-])cc(C#Cc3ccc(Cl)cn3)c2N)c1. The molecule has 124 valence electrons. The number of non-ortho nitro benzene ring substituents is 1. The minimum Gasteiger partial charge on any atom is -0.397 e. The molecule has 0 bridgehead atoms. The third kappa shape index (κ3) is 3.59. The molecule has 0 unspecified atom stereocenters. The van der Waals surface area contributed by atoms with Gasteiger partial charge in [0.1, 0.15) is 5.69 Å². The predicted octanol–water partition coefficient (Wildman–Crippen LogP) is 3.03. The van der Waals surface area contributed by atoms with Crippen molar-refractivity contribution in [3.05, 3.63) is 69.4 Å². The summed E-state index contributed by atoms with van der Waals surface area (Å²) in [5.74, 6) is 5.67. The summed E-state index contributed by atoms with van der Waals surface area (Å²) >= 11 is 5.79. The topological polar surface area (TPSA) is 99.9 Å². The van der Waals surface area contributed by atoms with Crippen molar-refractivity contribution in [1.82, 2.24) is 14.5 Å². The van der Waals surface area contributed by atoms with Crippen LogP contribution in [-0.2, 0) is 7.05 Å². The van der Waals surface area contributed by atoms with E-state index in [1.165, 1.54) is 18.3 Å². The summed E-state index contributed by atoms with van der Waals surface area (Å²) in [5, 5.41) is 11.7. The first-order valence-corrected chi connectivity index (χ1v) is 7.51. The van der Waals surface area contributed by atoms with Gasteiger partial charge in [0.25, 0.3) is 5.69 Å². The van der Waals surface area contributed by atoms with Crippen molar-refractivity contribution in [1.29, 1.82) is 0 Å². The Bertz CT molecular complexity index is 1020. The van der Waals surface area contributed by atoms with E-state index in [-0.39, 0.29) is 5.69 Å². The molecular formula is C17H12ClN5O2. The fourth-order valence-corrected chi connectivity index (χ4v) is 2.30. The molecule has 0 aliphatic carbocycles. The first-order chi connectivity index (χ1) is 11.9. The van der Waals surface area contributed by atoms with E-state index in [4.69, 9.17) is 17.3 Å². The Labute approximate surface area is 148 Å². The maximum atomic E-state index is 11.2. The Morgan fingerprint density at radius 3 is 2.68 bits per heavy atom. The molecule has 8 heteroatoms. The van der Waals surface area contributed by atoms with Crippen LogP contribution in [0.25, 0.3) is 11.3 Å². The van der Waals surface area contributed by atoms with Gasteiger partial charge in [-0.15, -0.1) is 0 Å². The second kappa shape index (κ2) is 6.63. The summed E-state index contributed by atoms with van der Waals surface area (Å²) in [5.41, 5.74) is 8.20. The molecule has 0 saturated heterocycles. The number of aryl methyl sites for hydroxylation is 1. The maximum absolute atomic E-state index is 11.2. The van der Waals surface area contributed by atoms with Crippen molar-refractivity contribution in [3.63, 3.8) is 0 Å². The number of rotatable bonds is 2. The van der Waals surface area contributed by atoms with Crippen molar-refractivity contribution in [2.45, 2.75) is 0 Å². The summed E-state index contributed by atoms with van der Waals surface area (Å²) in [4.78, 5) is 19.0. The molecular weight excluding hydrogens is 342 g/mol. The number of aromatic nitrogens is 3. The molecule has 7 nitrogen and oxygen atoms in total. The highest BCUT2D eigenvalue weighted by molar-refractivity contribution is 6.30. The molecule has 0 atom stereocenters. The second-order valence-corrected chi connectivity index (χ2v) is 5.68. The summed E-state index contributed by atoms with van der Waals surface area (Å²) in [7, 11) is 1.80. The van der Waals surface area contributed by atoms with Crippen LogP contribution in [0.3, 0.4) is 0 Å². The van der Waals surface area contributed by atoms with Gasteiger partial charge < -0.3 is 10.3 Å². The Balaban J connectivity index is 2.11. The zero-order valence-corrected chi connectivity index (χ0v) is 13.9. The average molecular weight is 354 g/mol. The van der Waals surface area contributed by atoms with E-state index in [9.17, 15) is 10.1 Å². The molecule has 0 saturated carbocycles. The van der Waals surface area contributed by atoms with Crippen LogP contribution in [-0.4, -0.2) is 19.5 Å². The van der Waals surface area contributed by atoms with E-state index in [0.29, 0.717) is 33.2 Å². The van der Waals surface area contributed by atoms with Gasteiger partial charge >= 0.3 is 0 Å². The highest BCUT2D eigenvalue weighted by Crippen LogP contribution is 2.31. The van der Waals surface area contributed by atoms with Crippen LogP contribution in [0.1, 0.15) is 11.3 Å². The molecule has 1 aromatic carbocycles. The number of nitro benzene ring substituents is 1. The summed E-state index contributed by atoms with van der Waals surface area (Å²) in [6.45, 7) is 0. The Morgan fingerprint density at radius 2 is 2.08 bits per heavy atom. The zero-order chi connectivity index (χ0) is 18.0. The van der Waals surface area contributed by atoms with Gasteiger partial charge in [-0.25, -0.2) is 9.97 Å². The highest BCUT2D eigenvalue weighted by atomic mass is 35.5. The van der Waals surface area contributed by atoms with Crippen molar-refractivity contribution in [2.24, 2.45) is 7.05 Å². The van der Waals surface area contributed by atoms with Crippen molar-refractivity contribution < 1.29 is 4.92 Å². The number of nitrogens with two attached hydrogens (primary N) is 1. The van der Waals surface area contributed by atoms with Crippen LogP contribution < -0.4 is 5.73 Å². The van der Waals surface area contributed by atoms with Crippen LogP contribution in [0.15, 0.2) is 43.0 Å². The number of hydrogen-bond acceptors (Lipinski definition) is 5. The number of anilines is 1. The maximum Gasteiger partial charge on any atom is 0.271 e. The van der Waals surface area contributed by atoms with Gasteiger partial charge in [0.2, 0.25) is 0 Å². The molecule has 0 radical (unpaired) electrons. The lowest BCUT2D eigenvalue weighted by atomic mass is 10.0. The quantitative estimate of drug-likeness (QED) is 0.330. The monoisotopic (exact) mass is 353 g/mol. The van der Waals surface area contributed by atoms with Crippen LogP contribution in [0, 0.1) is 22.0 Å². The average Bonchev–Trinajstić information content (AvgIpc) is 3.01. The fourth-order valence-electron chi connectivity index (χ4n) is 2.19. The van der Waals surface area contributed by atoms with E-state index < -0.39 is 4.92 Å². The molecule has 3 aromatic rings. The molecule has 3 rings (SSSR count). The lowest BCUT2D eigenvalue weighted by Gasteiger charge is -2.05. The Hall–Kier alpha value is -3.37. The Kier molecular flexibility index (Phi) is 4.37. The number of halogens is 1. The summed E-state index contributed by atoms with van der Waals surface area (Å²) in [6.07, 6.45) is 4.80. The zero-order valence-electron chi connectivity index (χ0n) is 13.1. The molecule has 2 N–H and O–H groups in total. The van der Waals surface area contributed by atoms with Gasteiger partial charge in [0.15, 0.2) is 0 Å². The first-order valence-electron chi connectivity index (χ1n) is 7.14. The third-order valence-corrected chi connectivity index (χ3v) is 3.63. The van der Waals surface area contributed by atoms with Crippen molar-refractivity contribution in [3.8, 4) is 23.1 Å². The lowest BCUT2D eigenvalue weighted by Crippen LogP contribution is -1.98. The van der Waals surface area contributed by atoms with Crippen LogP contribution in [0.5, 0.6) is 0 Å². The molecule has 0 amide bonds. The minimum absolute atomic E-state index is 0.108. The number of nitrogens with zero attached hydrogens (tertiary/aromatic N) is 4. The molecule has 0 aliphatic rings. The largest absolute Gasteiger partial charge is 0.397 e. The third-order valence-electron chi connectivity index (χ3n) is 3.41. The van der Waals surface area contributed by atoms with E-state index in [1.54, 1.807) is 36.3 Å². The van der Waals surface area contributed by atoms with Gasteiger partial charge in [-0.2, -0.15) is 0 Å². The van der Waals surface area contributed by atoms with Gasteiger partial charge in [0.05, 0.1) is 33.2 Å². The van der Waals surface area contributed by atoms with Crippen molar-refractivity contribution in [2.75, 3.05) is 5.73 Å². The molecule has 25 heavy (non-hydrogen) atoms. The first kappa shape index (κ1) is 16.5. The number of hydrogen-bond donors (Lipinski definition) is 1. The molecule has 0 fully saturated rings. The number of imidazole rings is 1. The number of nitrogen functional groups attached to an aromatic ring is 1. The van der Waals surface area contributed by atoms with Gasteiger partial charge in [-0.05, 0) is 18.1 Å². The number of nitro groups is 1. The summed E-state index contributed by atoms with van der Waals surface area (Å²) < 4.78 is 1.73. The number of benzene rings is 1. The standard InChI is InChI=1S/C17H12ClN5O2/c1-22-9-16(21-10-22)15-7-14(23(24)25)6-11(17(15)19)2-4-13-5-3-12(18)8-20-13/h3,5-10H,19H2,1H3. The highest BCUT2D eigenvalue weighted by Gasteiger charge is 2.16. The second-order valence-electron chi connectivity index (χ2n) is 5.25. The van der Waals surface area contributed by atoms with E-state index in [1.807, 2.05) is 0 Å². The van der Waals surface area contributed by atoms with Gasteiger partial charge in [0, 0.05) is 37.1 Å². The molecule has 2 aromatic heterocycles.